The number of nitrogens with zero attached hydrogens (tertiary/aromatic N) is 1. The summed E-state index contributed by atoms with van der Waals surface area (Å²) in [7, 11) is 3.30. The Morgan fingerprint density at radius 2 is 1.89 bits per heavy atom. The Morgan fingerprint density at radius 3 is 2.64 bits per heavy atom. The molecule has 1 heterocycles. The van der Waals surface area contributed by atoms with Crippen molar-refractivity contribution in [1.29, 1.82) is 0 Å². The first-order valence-electron chi connectivity index (χ1n) is 10.3. The molecule has 1 aromatic carbocycles. The minimum Gasteiger partial charge on any atom is -0.493 e. The van der Waals surface area contributed by atoms with E-state index >= 15 is 0 Å². The monoisotopic (exact) mass is 391 g/mol. The molecule has 28 heavy (non-hydrogen) atoms. The van der Waals surface area contributed by atoms with E-state index in [9.17, 15) is 4.79 Å². The highest BCUT2D eigenvalue weighted by molar-refractivity contribution is 5.66. The van der Waals surface area contributed by atoms with Crippen LogP contribution in [0, 0.1) is 0 Å². The average molecular weight is 392 g/mol. The summed E-state index contributed by atoms with van der Waals surface area (Å²) in [6, 6.07) is 6.45. The SMILES string of the molecule is COc1ccc(CCO[C@H]2CCCC[C@@H]2N2CCC(OC(C)=O)C2)cc1OC. The summed E-state index contributed by atoms with van der Waals surface area (Å²) in [5.41, 5.74) is 1.18. The number of benzene rings is 1. The van der Waals surface area contributed by atoms with Crippen molar-refractivity contribution in [3.63, 3.8) is 0 Å². The maximum absolute atomic E-state index is 11.2. The van der Waals surface area contributed by atoms with Crippen molar-refractivity contribution >= 4 is 5.97 Å². The van der Waals surface area contributed by atoms with E-state index in [1.165, 1.54) is 25.3 Å². The van der Waals surface area contributed by atoms with Crippen LogP contribution in [0.5, 0.6) is 11.5 Å². The Bertz CT molecular complexity index is 650. The molecular weight excluding hydrogens is 358 g/mol. The van der Waals surface area contributed by atoms with E-state index in [0.717, 1.165) is 50.3 Å². The van der Waals surface area contributed by atoms with Gasteiger partial charge in [-0.15, -0.1) is 0 Å². The third kappa shape index (κ3) is 5.39. The fourth-order valence-corrected chi connectivity index (χ4v) is 4.44. The summed E-state index contributed by atoms with van der Waals surface area (Å²) in [6.45, 7) is 4.00. The van der Waals surface area contributed by atoms with E-state index < -0.39 is 0 Å². The highest BCUT2D eigenvalue weighted by atomic mass is 16.5. The predicted molar refractivity (Wildman–Crippen MR) is 107 cm³/mol. The second-order valence-electron chi connectivity index (χ2n) is 7.72. The second-order valence-corrected chi connectivity index (χ2v) is 7.72. The van der Waals surface area contributed by atoms with Crippen LogP contribution in [-0.2, 0) is 20.7 Å². The number of likely N-dealkylation sites (tertiary alicyclic amines) is 1. The van der Waals surface area contributed by atoms with Gasteiger partial charge in [0, 0.05) is 26.1 Å². The van der Waals surface area contributed by atoms with Gasteiger partial charge in [-0.05, 0) is 43.4 Å². The molecule has 1 aromatic rings. The second kappa shape index (κ2) is 10.1. The van der Waals surface area contributed by atoms with Gasteiger partial charge in [-0.2, -0.15) is 0 Å². The van der Waals surface area contributed by atoms with E-state index in [4.69, 9.17) is 18.9 Å². The number of hydrogen-bond acceptors (Lipinski definition) is 6. The summed E-state index contributed by atoms with van der Waals surface area (Å²) in [5, 5.41) is 0. The molecule has 2 fully saturated rings. The van der Waals surface area contributed by atoms with Crippen LogP contribution in [0.3, 0.4) is 0 Å². The van der Waals surface area contributed by atoms with Gasteiger partial charge in [0.15, 0.2) is 11.5 Å². The molecule has 0 bridgehead atoms. The summed E-state index contributed by atoms with van der Waals surface area (Å²) < 4.78 is 22.4. The predicted octanol–water partition coefficient (Wildman–Crippen LogP) is 3.21. The van der Waals surface area contributed by atoms with Crippen molar-refractivity contribution in [2.45, 2.75) is 63.7 Å². The molecule has 0 spiro atoms. The third-order valence-corrected chi connectivity index (χ3v) is 5.82. The van der Waals surface area contributed by atoms with Crippen molar-refractivity contribution in [3.8, 4) is 11.5 Å². The highest BCUT2D eigenvalue weighted by Crippen LogP contribution is 2.30. The molecule has 0 N–H and O–H groups in total. The Kier molecular flexibility index (Phi) is 7.57. The van der Waals surface area contributed by atoms with Crippen LogP contribution in [-0.4, -0.2) is 63.0 Å². The highest BCUT2D eigenvalue weighted by Gasteiger charge is 2.36. The maximum atomic E-state index is 11.2. The molecule has 0 amide bonds. The quantitative estimate of drug-likeness (QED) is 0.634. The molecule has 2 aliphatic rings. The van der Waals surface area contributed by atoms with E-state index in [1.807, 2.05) is 12.1 Å². The Balaban J connectivity index is 1.52. The normalized spacial score (nSPS) is 25.5. The van der Waals surface area contributed by atoms with Gasteiger partial charge in [0.25, 0.3) is 0 Å². The summed E-state index contributed by atoms with van der Waals surface area (Å²) >= 11 is 0. The molecule has 1 saturated carbocycles. The number of hydrogen-bond donors (Lipinski definition) is 0. The first kappa shape index (κ1) is 20.9. The largest absolute Gasteiger partial charge is 0.493 e. The van der Waals surface area contributed by atoms with Crippen molar-refractivity contribution < 1.29 is 23.7 Å². The van der Waals surface area contributed by atoms with Gasteiger partial charge < -0.3 is 18.9 Å². The number of ether oxygens (including phenoxy) is 4. The van der Waals surface area contributed by atoms with Crippen molar-refractivity contribution in [2.75, 3.05) is 33.9 Å². The smallest absolute Gasteiger partial charge is 0.302 e. The zero-order valence-corrected chi connectivity index (χ0v) is 17.3. The van der Waals surface area contributed by atoms with Gasteiger partial charge in [-0.1, -0.05) is 18.9 Å². The van der Waals surface area contributed by atoms with Gasteiger partial charge in [0.1, 0.15) is 6.10 Å². The maximum Gasteiger partial charge on any atom is 0.302 e. The lowest BCUT2D eigenvalue weighted by Gasteiger charge is -2.37. The number of rotatable bonds is 8. The lowest BCUT2D eigenvalue weighted by molar-refractivity contribution is -0.145. The van der Waals surface area contributed by atoms with Crippen molar-refractivity contribution in [1.82, 2.24) is 4.90 Å². The lowest BCUT2D eigenvalue weighted by atomic mass is 9.91. The Hall–Kier alpha value is -1.79. The standard InChI is InChI=1S/C22H33NO5/c1-16(24)28-18-10-12-23(15-18)19-6-4-5-7-20(19)27-13-11-17-8-9-21(25-2)22(14-17)26-3/h8-9,14,18-20H,4-7,10-13,15H2,1-3H3/t18?,19-,20-/m0/s1. The number of esters is 1. The van der Waals surface area contributed by atoms with Gasteiger partial charge in [0.2, 0.25) is 0 Å². The van der Waals surface area contributed by atoms with E-state index in [1.54, 1.807) is 14.2 Å². The average Bonchev–Trinajstić information content (AvgIpc) is 3.15. The molecule has 1 saturated heterocycles. The molecule has 1 aliphatic carbocycles. The molecule has 3 rings (SSSR count). The van der Waals surface area contributed by atoms with Crippen molar-refractivity contribution in [2.24, 2.45) is 0 Å². The Morgan fingerprint density at radius 1 is 1.11 bits per heavy atom. The van der Waals surface area contributed by atoms with Crippen LogP contribution in [0.4, 0.5) is 0 Å². The minimum absolute atomic E-state index is 0.0341. The first-order valence-corrected chi connectivity index (χ1v) is 10.3. The third-order valence-electron chi connectivity index (χ3n) is 5.82. The van der Waals surface area contributed by atoms with E-state index in [0.29, 0.717) is 12.6 Å². The molecule has 6 nitrogen and oxygen atoms in total. The molecule has 6 heteroatoms. The van der Waals surface area contributed by atoms with E-state index in [-0.39, 0.29) is 18.2 Å². The number of methoxy groups -OCH3 is 2. The van der Waals surface area contributed by atoms with Gasteiger partial charge in [0.05, 0.1) is 26.9 Å². The van der Waals surface area contributed by atoms with E-state index in [2.05, 4.69) is 11.0 Å². The van der Waals surface area contributed by atoms with Crippen LogP contribution < -0.4 is 9.47 Å². The first-order chi connectivity index (χ1) is 13.6. The fourth-order valence-electron chi connectivity index (χ4n) is 4.44. The minimum atomic E-state index is -0.182. The van der Waals surface area contributed by atoms with Gasteiger partial charge >= 0.3 is 5.97 Å². The van der Waals surface area contributed by atoms with Gasteiger partial charge in [-0.25, -0.2) is 0 Å². The fraction of sp³-hybridized carbons (Fsp3) is 0.682. The lowest BCUT2D eigenvalue weighted by Crippen LogP contribution is -2.46. The van der Waals surface area contributed by atoms with Crippen molar-refractivity contribution in [3.05, 3.63) is 23.8 Å². The summed E-state index contributed by atoms with van der Waals surface area (Å²) in [5.74, 6) is 1.32. The molecule has 1 unspecified atom stereocenters. The molecular formula is C22H33NO5. The van der Waals surface area contributed by atoms with Crippen LogP contribution in [0.15, 0.2) is 18.2 Å². The topological polar surface area (TPSA) is 57.2 Å². The summed E-state index contributed by atoms with van der Waals surface area (Å²) in [4.78, 5) is 13.7. The van der Waals surface area contributed by atoms with Gasteiger partial charge in [-0.3, -0.25) is 9.69 Å². The van der Waals surface area contributed by atoms with Crippen LogP contribution in [0.1, 0.15) is 44.6 Å². The molecule has 3 atom stereocenters. The summed E-state index contributed by atoms with van der Waals surface area (Å²) in [6.07, 6.45) is 6.79. The number of carbonyl (C=O) groups is 1. The zero-order valence-electron chi connectivity index (χ0n) is 17.3. The molecule has 156 valence electrons. The van der Waals surface area contributed by atoms with Crippen LogP contribution >= 0.6 is 0 Å². The molecule has 0 radical (unpaired) electrons. The van der Waals surface area contributed by atoms with Crippen LogP contribution in [0.2, 0.25) is 0 Å². The number of carbonyl (C=O) groups excluding carboxylic acids is 1. The Labute approximate surface area is 168 Å². The van der Waals surface area contributed by atoms with Crippen LogP contribution in [0.25, 0.3) is 0 Å². The molecule has 0 aromatic heterocycles. The zero-order chi connectivity index (χ0) is 19.9. The molecule has 1 aliphatic heterocycles.